The molecule has 5 heteroatoms. The molecule has 0 aromatic heterocycles. The number of nitrogens with zero attached hydrogens (tertiary/aromatic N) is 2. The second kappa shape index (κ2) is 9.97. The van der Waals surface area contributed by atoms with E-state index in [0.29, 0.717) is 13.2 Å². The summed E-state index contributed by atoms with van der Waals surface area (Å²) in [7, 11) is 0. The zero-order valence-electron chi connectivity index (χ0n) is 16.5. The van der Waals surface area contributed by atoms with Gasteiger partial charge in [-0.15, -0.1) is 6.58 Å². The van der Waals surface area contributed by atoms with E-state index in [2.05, 4.69) is 29.4 Å². The van der Waals surface area contributed by atoms with E-state index in [9.17, 15) is 5.11 Å². The second-order valence-corrected chi connectivity index (χ2v) is 7.72. The Labute approximate surface area is 173 Å². The van der Waals surface area contributed by atoms with Gasteiger partial charge in [-0.25, -0.2) is 0 Å². The predicted octanol–water partition coefficient (Wildman–Crippen LogP) is 3.94. The third kappa shape index (κ3) is 5.51. The SMILES string of the molecule is C=CCc1ccccc1OCC(O)CN1CCN(c2cc(Cl)ccc2C)CC1. The van der Waals surface area contributed by atoms with Gasteiger partial charge >= 0.3 is 0 Å². The molecule has 3 rings (SSSR count). The van der Waals surface area contributed by atoms with Crippen LogP contribution in [-0.2, 0) is 6.42 Å². The van der Waals surface area contributed by atoms with Gasteiger partial charge in [0, 0.05) is 43.4 Å². The van der Waals surface area contributed by atoms with E-state index in [1.54, 1.807) is 0 Å². The van der Waals surface area contributed by atoms with Crippen molar-refractivity contribution in [2.45, 2.75) is 19.4 Å². The molecule has 0 amide bonds. The van der Waals surface area contributed by atoms with Crippen molar-refractivity contribution >= 4 is 17.3 Å². The van der Waals surface area contributed by atoms with E-state index < -0.39 is 6.10 Å². The van der Waals surface area contributed by atoms with Crippen LogP contribution in [0.1, 0.15) is 11.1 Å². The Morgan fingerprint density at radius 3 is 2.68 bits per heavy atom. The van der Waals surface area contributed by atoms with Crippen molar-refractivity contribution in [3.05, 3.63) is 71.3 Å². The molecule has 1 atom stereocenters. The maximum Gasteiger partial charge on any atom is 0.122 e. The lowest BCUT2D eigenvalue weighted by Gasteiger charge is -2.37. The van der Waals surface area contributed by atoms with Crippen LogP contribution in [0.4, 0.5) is 5.69 Å². The highest BCUT2D eigenvalue weighted by atomic mass is 35.5. The molecule has 1 fully saturated rings. The molecule has 0 aliphatic carbocycles. The number of ether oxygens (including phenoxy) is 1. The van der Waals surface area contributed by atoms with Crippen LogP contribution in [0.25, 0.3) is 0 Å². The average Bonchev–Trinajstić information content (AvgIpc) is 2.70. The number of rotatable bonds is 8. The number of benzene rings is 2. The Bertz CT molecular complexity index is 788. The summed E-state index contributed by atoms with van der Waals surface area (Å²) in [6.45, 7) is 10.5. The topological polar surface area (TPSA) is 35.9 Å². The number of anilines is 1. The largest absolute Gasteiger partial charge is 0.491 e. The summed E-state index contributed by atoms with van der Waals surface area (Å²) in [6.07, 6.45) is 2.10. The fraction of sp³-hybridized carbons (Fsp3) is 0.391. The molecule has 28 heavy (non-hydrogen) atoms. The molecule has 4 nitrogen and oxygen atoms in total. The van der Waals surface area contributed by atoms with Gasteiger partial charge in [-0.1, -0.05) is 41.9 Å². The number of aliphatic hydroxyl groups is 1. The minimum atomic E-state index is -0.517. The van der Waals surface area contributed by atoms with Gasteiger partial charge in [0.25, 0.3) is 0 Å². The first kappa shape index (κ1) is 20.7. The predicted molar refractivity (Wildman–Crippen MR) is 117 cm³/mol. The smallest absolute Gasteiger partial charge is 0.122 e. The Hall–Kier alpha value is -2.01. The van der Waals surface area contributed by atoms with Crippen LogP contribution in [0.15, 0.2) is 55.1 Å². The summed E-state index contributed by atoms with van der Waals surface area (Å²) in [5.41, 5.74) is 3.54. The van der Waals surface area contributed by atoms with Crippen LogP contribution in [0.5, 0.6) is 5.75 Å². The fourth-order valence-corrected chi connectivity index (χ4v) is 3.77. The molecule has 0 radical (unpaired) electrons. The minimum absolute atomic E-state index is 0.293. The minimum Gasteiger partial charge on any atom is -0.491 e. The summed E-state index contributed by atoms with van der Waals surface area (Å²) in [5.74, 6) is 0.822. The second-order valence-electron chi connectivity index (χ2n) is 7.28. The number of halogens is 1. The summed E-state index contributed by atoms with van der Waals surface area (Å²) >= 11 is 6.16. The Kier molecular flexibility index (Phi) is 7.37. The maximum absolute atomic E-state index is 10.4. The average molecular weight is 401 g/mol. The van der Waals surface area contributed by atoms with Gasteiger partial charge in [-0.2, -0.15) is 0 Å². The first-order chi connectivity index (χ1) is 13.6. The van der Waals surface area contributed by atoms with Crippen molar-refractivity contribution in [2.24, 2.45) is 0 Å². The van der Waals surface area contributed by atoms with Crippen molar-refractivity contribution in [1.82, 2.24) is 4.90 Å². The number of aliphatic hydroxyl groups excluding tert-OH is 1. The van der Waals surface area contributed by atoms with E-state index in [0.717, 1.165) is 48.9 Å². The van der Waals surface area contributed by atoms with E-state index >= 15 is 0 Å². The standard InChI is InChI=1S/C23H29ClN2O2/c1-3-6-19-7-4-5-8-23(19)28-17-21(27)16-25-11-13-26(14-12-25)22-15-20(24)10-9-18(22)2/h3-5,7-10,15,21,27H,1,6,11-14,16-17H2,2H3. The van der Waals surface area contributed by atoms with Gasteiger partial charge in [0.1, 0.15) is 18.5 Å². The first-order valence-electron chi connectivity index (χ1n) is 9.80. The van der Waals surface area contributed by atoms with Crippen LogP contribution in [0.2, 0.25) is 5.02 Å². The molecule has 0 saturated carbocycles. The Morgan fingerprint density at radius 1 is 1.18 bits per heavy atom. The van der Waals surface area contributed by atoms with Crippen LogP contribution in [-0.4, -0.2) is 55.4 Å². The van der Waals surface area contributed by atoms with Crippen LogP contribution in [0.3, 0.4) is 0 Å². The fourth-order valence-electron chi connectivity index (χ4n) is 3.60. The van der Waals surface area contributed by atoms with E-state index in [1.165, 1.54) is 11.3 Å². The van der Waals surface area contributed by atoms with Gasteiger partial charge in [-0.05, 0) is 42.7 Å². The molecular weight excluding hydrogens is 372 g/mol. The lowest BCUT2D eigenvalue weighted by Crippen LogP contribution is -2.49. The summed E-state index contributed by atoms with van der Waals surface area (Å²) in [4.78, 5) is 4.66. The molecule has 1 heterocycles. The van der Waals surface area contributed by atoms with Crippen LogP contribution >= 0.6 is 11.6 Å². The molecule has 2 aromatic rings. The van der Waals surface area contributed by atoms with Gasteiger partial charge in [0.15, 0.2) is 0 Å². The van der Waals surface area contributed by atoms with Gasteiger partial charge in [0.05, 0.1) is 0 Å². The Morgan fingerprint density at radius 2 is 1.93 bits per heavy atom. The molecule has 1 N–H and O–H groups in total. The quantitative estimate of drug-likeness (QED) is 0.681. The number of piperazine rings is 1. The molecule has 1 saturated heterocycles. The molecule has 1 unspecified atom stereocenters. The summed E-state index contributed by atoms with van der Waals surface area (Å²) < 4.78 is 5.86. The molecule has 1 aliphatic rings. The van der Waals surface area contributed by atoms with E-state index in [-0.39, 0.29) is 0 Å². The van der Waals surface area contributed by atoms with Gasteiger partial charge in [-0.3, -0.25) is 4.90 Å². The maximum atomic E-state index is 10.4. The van der Waals surface area contributed by atoms with Crippen LogP contribution in [0, 0.1) is 6.92 Å². The molecule has 0 bridgehead atoms. The lowest BCUT2D eigenvalue weighted by molar-refractivity contribution is 0.0660. The van der Waals surface area contributed by atoms with E-state index in [1.807, 2.05) is 42.5 Å². The number of para-hydroxylation sites is 1. The highest BCUT2D eigenvalue weighted by molar-refractivity contribution is 6.30. The number of hydrogen-bond donors (Lipinski definition) is 1. The highest BCUT2D eigenvalue weighted by Crippen LogP contribution is 2.25. The normalized spacial score (nSPS) is 16.0. The third-order valence-corrected chi connectivity index (χ3v) is 5.36. The number of hydrogen-bond acceptors (Lipinski definition) is 4. The van der Waals surface area contributed by atoms with E-state index in [4.69, 9.17) is 16.3 Å². The van der Waals surface area contributed by atoms with Crippen molar-refractivity contribution in [3.63, 3.8) is 0 Å². The molecule has 2 aromatic carbocycles. The van der Waals surface area contributed by atoms with Crippen LogP contribution < -0.4 is 9.64 Å². The number of aryl methyl sites for hydroxylation is 1. The van der Waals surface area contributed by atoms with Crippen molar-refractivity contribution in [1.29, 1.82) is 0 Å². The molecule has 1 aliphatic heterocycles. The van der Waals surface area contributed by atoms with Crippen molar-refractivity contribution < 1.29 is 9.84 Å². The monoisotopic (exact) mass is 400 g/mol. The zero-order chi connectivity index (χ0) is 19.9. The van der Waals surface area contributed by atoms with Crippen molar-refractivity contribution in [2.75, 3.05) is 44.2 Å². The molecule has 0 spiro atoms. The summed E-state index contributed by atoms with van der Waals surface area (Å²) in [6, 6.07) is 13.9. The first-order valence-corrected chi connectivity index (χ1v) is 10.2. The number of β-amino-alcohol motifs (C(OH)–C–C–N with tert-alkyl or cyclic N) is 1. The lowest BCUT2D eigenvalue weighted by atomic mass is 10.1. The zero-order valence-corrected chi connectivity index (χ0v) is 17.2. The van der Waals surface area contributed by atoms with Gasteiger partial charge in [0.2, 0.25) is 0 Å². The Balaban J connectivity index is 1.47. The third-order valence-electron chi connectivity index (χ3n) is 5.12. The molecular formula is C23H29ClN2O2. The highest BCUT2D eigenvalue weighted by Gasteiger charge is 2.21. The summed E-state index contributed by atoms with van der Waals surface area (Å²) in [5, 5.41) is 11.2. The van der Waals surface area contributed by atoms with Gasteiger partial charge < -0.3 is 14.7 Å². The molecule has 150 valence electrons. The van der Waals surface area contributed by atoms with Crippen molar-refractivity contribution in [3.8, 4) is 5.75 Å². The number of allylic oxidation sites excluding steroid dienone is 1.